The third-order valence-corrected chi connectivity index (χ3v) is 10.5. The normalized spacial score (nSPS) is 22.8. The van der Waals surface area contributed by atoms with E-state index in [1.165, 1.54) is 14.2 Å². The molecule has 156 valence electrons. The molecule has 1 saturated heterocycles. The number of ketones is 1. The first kappa shape index (κ1) is 21.9. The molecule has 0 aromatic heterocycles. The highest BCUT2D eigenvalue weighted by molar-refractivity contribution is 6.99. The summed E-state index contributed by atoms with van der Waals surface area (Å²) in [5.41, 5.74) is 0. The van der Waals surface area contributed by atoms with Gasteiger partial charge >= 0.3 is 0 Å². The molecule has 6 heteroatoms. The SMILES string of the molecule is CO[C@@H]1O[C@H](CO[Si](c2ccccc2)(c2ccccc2)C(C)(C)C)C(=O)[C@H]1OC. The lowest BCUT2D eigenvalue weighted by Gasteiger charge is -2.43. The third kappa shape index (κ3) is 4.08. The molecule has 0 N–H and O–H groups in total. The van der Waals surface area contributed by atoms with E-state index in [0.717, 1.165) is 10.4 Å². The smallest absolute Gasteiger partial charge is 0.261 e. The Morgan fingerprint density at radius 2 is 1.41 bits per heavy atom. The second-order valence-corrected chi connectivity index (χ2v) is 12.6. The van der Waals surface area contributed by atoms with Crippen molar-refractivity contribution < 1.29 is 23.4 Å². The van der Waals surface area contributed by atoms with E-state index in [0.29, 0.717) is 0 Å². The van der Waals surface area contributed by atoms with Crippen molar-refractivity contribution >= 4 is 24.5 Å². The van der Waals surface area contributed by atoms with Crippen LogP contribution in [-0.4, -0.2) is 53.4 Å². The number of hydrogen-bond donors (Lipinski definition) is 0. The summed E-state index contributed by atoms with van der Waals surface area (Å²) in [6.45, 7) is 6.76. The number of Topliss-reactive ketones (excluding diaryl/α,β-unsaturated/α-hetero) is 1. The second kappa shape index (κ2) is 8.89. The molecule has 0 radical (unpaired) electrons. The Morgan fingerprint density at radius 3 is 1.79 bits per heavy atom. The summed E-state index contributed by atoms with van der Waals surface area (Å²) < 4.78 is 23.1. The maximum atomic E-state index is 12.8. The number of ether oxygens (including phenoxy) is 3. The number of benzene rings is 2. The first-order valence-corrected chi connectivity index (χ1v) is 11.8. The van der Waals surface area contributed by atoms with Crippen LogP contribution in [0.25, 0.3) is 0 Å². The summed E-state index contributed by atoms with van der Waals surface area (Å²) in [5.74, 6) is -0.141. The zero-order valence-electron chi connectivity index (χ0n) is 17.8. The Balaban J connectivity index is 2.00. The summed E-state index contributed by atoms with van der Waals surface area (Å²) in [6, 6.07) is 20.6. The Morgan fingerprint density at radius 1 is 0.897 bits per heavy atom. The summed E-state index contributed by atoms with van der Waals surface area (Å²) in [7, 11) is 0.274. The molecule has 1 aliphatic rings. The van der Waals surface area contributed by atoms with Crippen molar-refractivity contribution in [1.82, 2.24) is 0 Å². The van der Waals surface area contributed by atoms with Crippen molar-refractivity contribution in [2.24, 2.45) is 0 Å². The van der Waals surface area contributed by atoms with Gasteiger partial charge in [-0.05, 0) is 15.4 Å². The fraction of sp³-hybridized carbons (Fsp3) is 0.435. The van der Waals surface area contributed by atoms with E-state index in [2.05, 4.69) is 45.0 Å². The zero-order chi connectivity index (χ0) is 21.1. The number of hydrogen-bond acceptors (Lipinski definition) is 5. The molecule has 1 aliphatic heterocycles. The predicted octanol–water partition coefficient (Wildman–Crippen LogP) is 2.52. The van der Waals surface area contributed by atoms with Crippen LogP contribution in [0, 0.1) is 0 Å². The monoisotopic (exact) mass is 414 g/mol. The van der Waals surface area contributed by atoms with E-state index in [4.69, 9.17) is 18.6 Å². The van der Waals surface area contributed by atoms with E-state index < -0.39 is 26.8 Å². The van der Waals surface area contributed by atoms with E-state index in [1.807, 2.05) is 36.4 Å². The summed E-state index contributed by atoms with van der Waals surface area (Å²) in [5, 5.41) is 2.16. The van der Waals surface area contributed by atoms with Gasteiger partial charge in [0, 0.05) is 14.2 Å². The highest BCUT2D eigenvalue weighted by atomic mass is 28.4. The van der Waals surface area contributed by atoms with Crippen LogP contribution < -0.4 is 10.4 Å². The second-order valence-electron chi connectivity index (χ2n) is 8.26. The molecule has 0 unspecified atom stereocenters. The Kier molecular flexibility index (Phi) is 6.71. The lowest BCUT2D eigenvalue weighted by molar-refractivity contribution is -0.158. The average molecular weight is 415 g/mol. The topological polar surface area (TPSA) is 54.0 Å². The molecular weight excluding hydrogens is 384 g/mol. The molecule has 2 aromatic carbocycles. The van der Waals surface area contributed by atoms with Crippen LogP contribution in [0.1, 0.15) is 20.8 Å². The van der Waals surface area contributed by atoms with Crippen molar-refractivity contribution in [3.8, 4) is 0 Å². The standard InChI is InChI=1S/C23H30O5Si/c1-23(2,3)29(17-12-8-6-9-13-17,18-14-10-7-11-15-18)27-16-19-20(24)21(25-4)22(26-5)28-19/h6-15,19,21-22H,16H2,1-5H3/t19-,21-,22-/m1/s1. The minimum Gasteiger partial charge on any atom is -0.404 e. The van der Waals surface area contributed by atoms with E-state index in [1.54, 1.807) is 0 Å². The highest BCUT2D eigenvalue weighted by Crippen LogP contribution is 2.37. The number of rotatable bonds is 7. The van der Waals surface area contributed by atoms with Crippen molar-refractivity contribution in [2.45, 2.75) is 44.3 Å². The highest BCUT2D eigenvalue weighted by Gasteiger charge is 2.52. The molecule has 1 heterocycles. The molecule has 1 fully saturated rings. The molecule has 2 aromatic rings. The molecule has 0 saturated carbocycles. The van der Waals surface area contributed by atoms with Gasteiger partial charge in [-0.15, -0.1) is 0 Å². The van der Waals surface area contributed by atoms with Gasteiger partial charge in [0.25, 0.3) is 8.32 Å². The van der Waals surface area contributed by atoms with Crippen LogP contribution in [-0.2, 0) is 23.4 Å². The van der Waals surface area contributed by atoms with Crippen LogP contribution >= 0.6 is 0 Å². The van der Waals surface area contributed by atoms with Gasteiger partial charge in [0.1, 0.15) is 6.10 Å². The number of methoxy groups -OCH3 is 2. The van der Waals surface area contributed by atoms with Gasteiger partial charge in [-0.25, -0.2) is 0 Å². The van der Waals surface area contributed by atoms with Gasteiger partial charge in [0.15, 0.2) is 18.2 Å². The maximum absolute atomic E-state index is 12.8. The molecule has 3 rings (SSSR count). The molecule has 29 heavy (non-hydrogen) atoms. The van der Waals surface area contributed by atoms with Crippen LogP contribution in [0.2, 0.25) is 5.04 Å². The number of carbonyl (C=O) groups is 1. The summed E-state index contributed by atoms with van der Waals surface area (Å²) in [4.78, 5) is 12.8. The predicted molar refractivity (Wildman–Crippen MR) is 115 cm³/mol. The fourth-order valence-corrected chi connectivity index (χ4v) is 8.66. The first-order valence-electron chi connectivity index (χ1n) is 9.85. The van der Waals surface area contributed by atoms with Gasteiger partial charge in [0.2, 0.25) is 0 Å². The van der Waals surface area contributed by atoms with E-state index in [9.17, 15) is 4.79 Å². The van der Waals surface area contributed by atoms with Crippen molar-refractivity contribution in [3.63, 3.8) is 0 Å². The Labute approximate surface area is 174 Å². The van der Waals surface area contributed by atoms with Crippen molar-refractivity contribution in [2.75, 3.05) is 20.8 Å². The summed E-state index contributed by atoms with van der Waals surface area (Å²) in [6.07, 6.45) is -2.15. The minimum atomic E-state index is -2.72. The molecule has 0 aliphatic carbocycles. The van der Waals surface area contributed by atoms with Gasteiger partial charge in [0.05, 0.1) is 6.61 Å². The van der Waals surface area contributed by atoms with E-state index in [-0.39, 0.29) is 17.4 Å². The van der Waals surface area contributed by atoms with Crippen LogP contribution in [0.15, 0.2) is 60.7 Å². The van der Waals surface area contributed by atoms with Crippen LogP contribution in [0.5, 0.6) is 0 Å². The Bertz CT molecular complexity index is 764. The first-order chi connectivity index (χ1) is 13.8. The van der Waals surface area contributed by atoms with Crippen molar-refractivity contribution in [3.05, 3.63) is 60.7 Å². The van der Waals surface area contributed by atoms with Gasteiger partial charge in [-0.3, -0.25) is 4.79 Å². The third-order valence-electron chi connectivity index (χ3n) is 5.50. The van der Waals surface area contributed by atoms with Gasteiger partial charge in [-0.1, -0.05) is 81.4 Å². The lowest BCUT2D eigenvalue weighted by Crippen LogP contribution is -2.67. The quantitative estimate of drug-likeness (QED) is 0.652. The van der Waals surface area contributed by atoms with Crippen molar-refractivity contribution in [1.29, 1.82) is 0 Å². The average Bonchev–Trinajstić information content (AvgIpc) is 3.04. The molecule has 3 atom stereocenters. The van der Waals surface area contributed by atoms with Crippen LogP contribution in [0.3, 0.4) is 0 Å². The molecule has 0 spiro atoms. The Hall–Kier alpha value is -1.83. The number of carbonyl (C=O) groups excluding carboxylic acids is 1. The zero-order valence-corrected chi connectivity index (χ0v) is 18.8. The van der Waals surface area contributed by atoms with E-state index >= 15 is 0 Å². The van der Waals surface area contributed by atoms with Gasteiger partial charge in [-0.2, -0.15) is 0 Å². The van der Waals surface area contributed by atoms with Crippen LogP contribution in [0.4, 0.5) is 0 Å². The molecule has 5 nitrogen and oxygen atoms in total. The molecule has 0 bridgehead atoms. The minimum absolute atomic E-state index is 0.141. The largest absolute Gasteiger partial charge is 0.404 e. The molecular formula is C23H30O5Si. The fourth-order valence-electron chi connectivity index (χ4n) is 4.11. The summed E-state index contributed by atoms with van der Waals surface area (Å²) >= 11 is 0. The molecule has 0 amide bonds. The lowest BCUT2D eigenvalue weighted by atomic mass is 10.2. The maximum Gasteiger partial charge on any atom is 0.261 e. The van der Waals surface area contributed by atoms with Gasteiger partial charge < -0.3 is 18.6 Å².